The van der Waals surface area contributed by atoms with Gasteiger partial charge in [0.05, 0.1) is 0 Å². The third-order valence-electron chi connectivity index (χ3n) is 3.82. The zero-order valence-electron chi connectivity index (χ0n) is 11.7. The van der Waals surface area contributed by atoms with Crippen LogP contribution in [0.25, 0.3) is 0 Å². The third-order valence-corrected chi connectivity index (χ3v) is 3.82. The van der Waals surface area contributed by atoms with E-state index in [1.54, 1.807) is 4.90 Å². The molecule has 20 heavy (non-hydrogen) atoms. The lowest BCUT2D eigenvalue weighted by molar-refractivity contribution is -0.143. The van der Waals surface area contributed by atoms with E-state index in [4.69, 9.17) is 0 Å². The van der Waals surface area contributed by atoms with Crippen LogP contribution >= 0.6 is 0 Å². The number of amides is 1. The maximum Gasteiger partial charge on any atom is 0.433 e. The van der Waals surface area contributed by atoms with Gasteiger partial charge in [-0.1, -0.05) is 0 Å². The maximum absolute atomic E-state index is 12.7. The number of carbonyl (C=O) groups is 1. The van der Waals surface area contributed by atoms with Crippen LogP contribution in [0.1, 0.15) is 49.3 Å². The number of nitrogens with zero attached hydrogens (tertiary/aromatic N) is 3. The van der Waals surface area contributed by atoms with E-state index in [1.165, 1.54) is 7.05 Å². The number of piperidine rings is 1. The van der Waals surface area contributed by atoms with Crippen molar-refractivity contribution in [2.24, 2.45) is 7.05 Å². The summed E-state index contributed by atoms with van der Waals surface area (Å²) < 4.78 is 38.9. The van der Waals surface area contributed by atoms with E-state index in [0.717, 1.165) is 25.3 Å². The molecule has 2 heterocycles. The first-order valence-electron chi connectivity index (χ1n) is 6.65. The molecule has 0 radical (unpaired) electrons. The Balaban J connectivity index is 2.29. The molecule has 0 spiro atoms. The van der Waals surface area contributed by atoms with Crippen LogP contribution in [0.5, 0.6) is 0 Å². The van der Waals surface area contributed by atoms with Crippen molar-refractivity contribution in [1.29, 1.82) is 0 Å². The third kappa shape index (κ3) is 2.66. The van der Waals surface area contributed by atoms with Gasteiger partial charge in [-0.2, -0.15) is 18.3 Å². The molecule has 0 unspecified atom stereocenters. The minimum Gasteiger partial charge on any atom is -0.332 e. The fourth-order valence-corrected chi connectivity index (χ4v) is 2.79. The van der Waals surface area contributed by atoms with Crippen LogP contribution in [0.4, 0.5) is 13.2 Å². The summed E-state index contributed by atoms with van der Waals surface area (Å²) in [6.45, 7) is 3.84. The molecule has 1 aliphatic heterocycles. The van der Waals surface area contributed by atoms with Crippen molar-refractivity contribution in [3.8, 4) is 0 Å². The van der Waals surface area contributed by atoms with E-state index in [-0.39, 0.29) is 17.8 Å². The molecular weight excluding hydrogens is 271 g/mol. The SMILES string of the molecule is C[C@H]1CCC[C@H](C)N1C(=O)c1cc(C(F)(F)F)n(C)n1. The molecule has 0 saturated carbocycles. The Hall–Kier alpha value is -1.53. The molecule has 4 nitrogen and oxygen atoms in total. The van der Waals surface area contributed by atoms with Gasteiger partial charge in [-0.3, -0.25) is 9.48 Å². The van der Waals surface area contributed by atoms with Gasteiger partial charge in [0.2, 0.25) is 0 Å². The van der Waals surface area contributed by atoms with E-state index < -0.39 is 17.8 Å². The molecule has 2 rings (SSSR count). The van der Waals surface area contributed by atoms with Gasteiger partial charge < -0.3 is 4.90 Å². The number of halogens is 3. The molecule has 1 aromatic rings. The lowest BCUT2D eigenvalue weighted by Crippen LogP contribution is -2.47. The summed E-state index contributed by atoms with van der Waals surface area (Å²) in [7, 11) is 1.20. The smallest absolute Gasteiger partial charge is 0.332 e. The molecule has 0 bridgehead atoms. The monoisotopic (exact) mass is 289 g/mol. The van der Waals surface area contributed by atoms with E-state index in [0.29, 0.717) is 4.68 Å². The molecule has 0 N–H and O–H groups in total. The quantitative estimate of drug-likeness (QED) is 0.797. The normalized spacial score (nSPS) is 24.0. The highest BCUT2D eigenvalue weighted by Gasteiger charge is 2.37. The van der Waals surface area contributed by atoms with Crippen LogP contribution in [-0.2, 0) is 13.2 Å². The van der Waals surface area contributed by atoms with Crippen LogP contribution in [0.15, 0.2) is 6.07 Å². The van der Waals surface area contributed by atoms with E-state index in [9.17, 15) is 18.0 Å². The number of rotatable bonds is 1. The van der Waals surface area contributed by atoms with Crippen LogP contribution in [0.2, 0.25) is 0 Å². The summed E-state index contributed by atoms with van der Waals surface area (Å²) in [5.41, 5.74) is -1.04. The van der Waals surface area contributed by atoms with Crippen molar-refractivity contribution in [3.63, 3.8) is 0 Å². The summed E-state index contributed by atoms with van der Waals surface area (Å²) in [6.07, 6.45) is -1.73. The van der Waals surface area contributed by atoms with Gasteiger partial charge >= 0.3 is 6.18 Å². The molecule has 7 heteroatoms. The number of likely N-dealkylation sites (tertiary alicyclic amines) is 1. The molecule has 112 valence electrons. The second kappa shape index (κ2) is 5.10. The number of hydrogen-bond acceptors (Lipinski definition) is 2. The number of alkyl halides is 3. The second-order valence-electron chi connectivity index (χ2n) is 5.38. The molecule has 1 saturated heterocycles. The van der Waals surface area contributed by atoms with Gasteiger partial charge in [0.15, 0.2) is 5.69 Å². The van der Waals surface area contributed by atoms with Crippen molar-refractivity contribution in [2.45, 2.75) is 51.4 Å². The van der Waals surface area contributed by atoms with Crippen molar-refractivity contribution in [1.82, 2.24) is 14.7 Å². The van der Waals surface area contributed by atoms with Gasteiger partial charge in [-0.15, -0.1) is 0 Å². The van der Waals surface area contributed by atoms with Crippen molar-refractivity contribution in [2.75, 3.05) is 0 Å². The van der Waals surface area contributed by atoms with Crippen molar-refractivity contribution < 1.29 is 18.0 Å². The molecule has 0 aromatic carbocycles. The Morgan fingerprint density at radius 3 is 2.30 bits per heavy atom. The Labute approximate surface area is 115 Å². The fraction of sp³-hybridized carbons (Fsp3) is 0.692. The molecule has 1 fully saturated rings. The summed E-state index contributed by atoms with van der Waals surface area (Å²) in [6, 6.07) is 0.890. The zero-order chi connectivity index (χ0) is 15.1. The summed E-state index contributed by atoms with van der Waals surface area (Å²) >= 11 is 0. The molecular formula is C13H18F3N3O. The molecule has 1 aliphatic rings. The molecule has 1 amide bonds. The molecule has 2 atom stereocenters. The van der Waals surface area contributed by atoms with Crippen molar-refractivity contribution >= 4 is 5.91 Å². The van der Waals surface area contributed by atoms with E-state index >= 15 is 0 Å². The van der Waals surface area contributed by atoms with Gasteiger partial charge in [-0.25, -0.2) is 0 Å². The highest BCUT2D eigenvalue weighted by Crippen LogP contribution is 2.30. The van der Waals surface area contributed by atoms with Gasteiger partial charge in [0.25, 0.3) is 5.91 Å². The van der Waals surface area contributed by atoms with Gasteiger partial charge in [0, 0.05) is 25.2 Å². The Morgan fingerprint density at radius 2 is 1.85 bits per heavy atom. The van der Waals surface area contributed by atoms with E-state index in [2.05, 4.69) is 5.10 Å². The van der Waals surface area contributed by atoms with Crippen LogP contribution in [0, 0.1) is 0 Å². The highest BCUT2D eigenvalue weighted by atomic mass is 19.4. The Morgan fingerprint density at radius 1 is 1.30 bits per heavy atom. The minimum absolute atomic E-state index is 0.0302. The number of aromatic nitrogens is 2. The van der Waals surface area contributed by atoms with Gasteiger partial charge in [0.1, 0.15) is 5.69 Å². The van der Waals surface area contributed by atoms with E-state index in [1.807, 2.05) is 13.8 Å². The Bertz CT molecular complexity index is 499. The van der Waals surface area contributed by atoms with Crippen LogP contribution in [-0.4, -0.2) is 32.7 Å². The first-order chi connectivity index (χ1) is 9.21. The first-order valence-corrected chi connectivity index (χ1v) is 6.65. The topological polar surface area (TPSA) is 38.1 Å². The average molecular weight is 289 g/mol. The van der Waals surface area contributed by atoms with Crippen molar-refractivity contribution in [3.05, 3.63) is 17.5 Å². The lowest BCUT2D eigenvalue weighted by Gasteiger charge is -2.38. The lowest BCUT2D eigenvalue weighted by atomic mass is 9.97. The number of aryl methyl sites for hydroxylation is 1. The minimum atomic E-state index is -4.50. The highest BCUT2D eigenvalue weighted by molar-refractivity contribution is 5.93. The summed E-state index contributed by atoms with van der Waals surface area (Å²) in [4.78, 5) is 14.0. The number of hydrogen-bond donors (Lipinski definition) is 0. The maximum atomic E-state index is 12.7. The summed E-state index contributed by atoms with van der Waals surface area (Å²) in [5, 5.41) is 3.73. The van der Waals surface area contributed by atoms with Crippen LogP contribution < -0.4 is 0 Å². The number of carbonyl (C=O) groups excluding carboxylic acids is 1. The fourth-order valence-electron chi connectivity index (χ4n) is 2.79. The molecule has 1 aromatic heterocycles. The largest absolute Gasteiger partial charge is 0.433 e. The summed E-state index contributed by atoms with van der Waals surface area (Å²) in [5.74, 6) is -0.421. The zero-order valence-corrected chi connectivity index (χ0v) is 11.7. The Kier molecular flexibility index (Phi) is 3.80. The van der Waals surface area contributed by atoms with Gasteiger partial charge in [-0.05, 0) is 33.1 Å². The second-order valence-corrected chi connectivity index (χ2v) is 5.38. The first kappa shape index (κ1) is 14.9. The standard InChI is InChI=1S/C13H18F3N3O/c1-8-5-4-6-9(2)19(8)12(20)10-7-11(13(14,15)16)18(3)17-10/h7-9H,4-6H2,1-3H3/t8-,9-/m0/s1. The predicted octanol–water partition coefficient (Wildman–Crippen LogP) is 2.84. The average Bonchev–Trinajstić information content (AvgIpc) is 2.70. The molecule has 0 aliphatic carbocycles. The van der Waals surface area contributed by atoms with Crippen LogP contribution in [0.3, 0.4) is 0 Å². The predicted molar refractivity (Wildman–Crippen MR) is 67.2 cm³/mol.